The number of H-pyrrole nitrogens is 1. The third kappa shape index (κ3) is 2.66. The molecule has 0 aliphatic carbocycles. The first kappa shape index (κ1) is 13.1. The maximum absolute atomic E-state index is 5.28. The predicted molar refractivity (Wildman–Crippen MR) is 85.0 cm³/mol. The summed E-state index contributed by atoms with van der Waals surface area (Å²) in [6, 6.07) is 14.2. The Morgan fingerprint density at radius 1 is 1.25 bits per heavy atom. The van der Waals surface area contributed by atoms with Crippen LogP contribution in [-0.2, 0) is 6.54 Å². The molecule has 0 aliphatic heterocycles. The minimum absolute atomic E-state index is 0.567. The molecule has 20 heavy (non-hydrogen) atoms. The van der Waals surface area contributed by atoms with Crippen LogP contribution in [0.15, 0.2) is 42.5 Å². The Hall–Kier alpha value is -1.92. The van der Waals surface area contributed by atoms with E-state index < -0.39 is 0 Å². The fourth-order valence-corrected chi connectivity index (χ4v) is 2.98. The van der Waals surface area contributed by atoms with Gasteiger partial charge in [-0.15, -0.1) is 11.3 Å². The van der Waals surface area contributed by atoms with Crippen molar-refractivity contribution in [1.82, 2.24) is 14.9 Å². The molecular formula is C14H14N4S2. The number of hydrogen-bond donors (Lipinski definition) is 2. The average Bonchev–Trinajstić information content (AvgIpc) is 3.04. The third-order valence-corrected chi connectivity index (χ3v) is 4.19. The zero-order valence-corrected chi connectivity index (χ0v) is 12.6. The second-order valence-corrected chi connectivity index (χ2v) is 6.16. The van der Waals surface area contributed by atoms with Gasteiger partial charge in [0, 0.05) is 15.3 Å². The molecule has 102 valence electrons. The van der Waals surface area contributed by atoms with Crippen molar-refractivity contribution in [2.75, 3.05) is 5.43 Å². The van der Waals surface area contributed by atoms with Crippen LogP contribution >= 0.6 is 23.6 Å². The summed E-state index contributed by atoms with van der Waals surface area (Å²) >= 11 is 7.06. The molecule has 6 heteroatoms. The second-order valence-electron chi connectivity index (χ2n) is 4.40. The van der Waals surface area contributed by atoms with Crippen LogP contribution in [0.5, 0.6) is 0 Å². The monoisotopic (exact) mass is 302 g/mol. The smallest absolute Gasteiger partial charge is 0.214 e. The Bertz CT molecular complexity index is 755. The van der Waals surface area contributed by atoms with E-state index in [1.54, 1.807) is 11.3 Å². The molecule has 1 aromatic carbocycles. The SMILES string of the molecule is Cc1ccc(CNn2c(-c3ccccc3)n[nH]c2=S)s1. The van der Waals surface area contributed by atoms with Crippen LogP contribution in [0, 0.1) is 11.7 Å². The number of rotatable bonds is 4. The van der Waals surface area contributed by atoms with Gasteiger partial charge in [0.2, 0.25) is 4.77 Å². The van der Waals surface area contributed by atoms with Gasteiger partial charge in [0.15, 0.2) is 5.82 Å². The normalized spacial score (nSPS) is 10.7. The molecule has 0 bridgehead atoms. The van der Waals surface area contributed by atoms with Crippen LogP contribution in [0.3, 0.4) is 0 Å². The van der Waals surface area contributed by atoms with E-state index in [9.17, 15) is 0 Å². The molecule has 0 fully saturated rings. The van der Waals surface area contributed by atoms with Gasteiger partial charge < -0.3 is 5.43 Å². The van der Waals surface area contributed by atoms with E-state index in [4.69, 9.17) is 12.2 Å². The number of aromatic amines is 1. The predicted octanol–water partition coefficient (Wildman–Crippen LogP) is 3.72. The molecule has 2 N–H and O–H groups in total. The number of nitrogens with one attached hydrogen (secondary N) is 2. The van der Waals surface area contributed by atoms with E-state index in [0.29, 0.717) is 4.77 Å². The lowest BCUT2D eigenvalue weighted by atomic mass is 10.2. The van der Waals surface area contributed by atoms with E-state index in [-0.39, 0.29) is 0 Å². The molecule has 2 aromatic heterocycles. The van der Waals surface area contributed by atoms with Gasteiger partial charge >= 0.3 is 0 Å². The Balaban J connectivity index is 1.86. The molecule has 0 atom stereocenters. The van der Waals surface area contributed by atoms with Crippen molar-refractivity contribution in [3.8, 4) is 11.4 Å². The maximum Gasteiger partial charge on any atom is 0.214 e. The standard InChI is InChI=1S/C14H14N4S2/c1-10-7-8-12(20-10)9-15-18-13(16-17-14(18)19)11-5-3-2-4-6-11/h2-8,15H,9H2,1H3,(H,17,19). The highest BCUT2D eigenvalue weighted by molar-refractivity contribution is 7.71. The van der Waals surface area contributed by atoms with Crippen molar-refractivity contribution in [2.45, 2.75) is 13.5 Å². The largest absolute Gasteiger partial charge is 0.317 e. The summed E-state index contributed by atoms with van der Waals surface area (Å²) in [4.78, 5) is 2.57. The van der Waals surface area contributed by atoms with Crippen LogP contribution in [0.25, 0.3) is 11.4 Å². The number of hydrogen-bond acceptors (Lipinski definition) is 4. The molecule has 4 nitrogen and oxygen atoms in total. The summed E-state index contributed by atoms with van der Waals surface area (Å²) in [7, 11) is 0. The molecule has 3 rings (SSSR count). The van der Waals surface area contributed by atoms with E-state index in [2.05, 4.69) is 34.7 Å². The quantitative estimate of drug-likeness (QED) is 0.722. The van der Waals surface area contributed by atoms with Gasteiger partial charge in [0.05, 0.1) is 6.54 Å². The van der Waals surface area contributed by atoms with Gasteiger partial charge in [-0.2, -0.15) is 5.10 Å². The van der Waals surface area contributed by atoms with Gasteiger partial charge in [0.1, 0.15) is 0 Å². The maximum atomic E-state index is 5.28. The summed E-state index contributed by atoms with van der Waals surface area (Å²) in [5.74, 6) is 0.795. The summed E-state index contributed by atoms with van der Waals surface area (Å²) in [5, 5.41) is 7.12. The molecule has 0 spiro atoms. The van der Waals surface area contributed by atoms with Gasteiger partial charge in [-0.05, 0) is 31.3 Å². The van der Waals surface area contributed by atoms with E-state index >= 15 is 0 Å². The van der Waals surface area contributed by atoms with Crippen molar-refractivity contribution >= 4 is 23.6 Å². The highest BCUT2D eigenvalue weighted by Gasteiger charge is 2.08. The molecule has 0 aliphatic rings. The lowest BCUT2D eigenvalue weighted by Gasteiger charge is -2.08. The van der Waals surface area contributed by atoms with Gasteiger partial charge in [-0.25, -0.2) is 9.77 Å². The van der Waals surface area contributed by atoms with Crippen molar-refractivity contribution in [2.24, 2.45) is 0 Å². The van der Waals surface area contributed by atoms with Crippen LogP contribution in [0.1, 0.15) is 9.75 Å². The van der Waals surface area contributed by atoms with Crippen LogP contribution in [0.2, 0.25) is 0 Å². The molecule has 0 radical (unpaired) electrons. The number of thiophene rings is 1. The molecule has 0 unspecified atom stereocenters. The minimum Gasteiger partial charge on any atom is -0.317 e. The second kappa shape index (κ2) is 5.60. The van der Waals surface area contributed by atoms with Crippen LogP contribution < -0.4 is 5.43 Å². The topological polar surface area (TPSA) is 45.6 Å². The van der Waals surface area contributed by atoms with Crippen molar-refractivity contribution in [3.63, 3.8) is 0 Å². The third-order valence-electron chi connectivity index (χ3n) is 2.91. The Kier molecular flexibility index (Phi) is 3.66. The first-order chi connectivity index (χ1) is 9.74. The lowest BCUT2D eigenvalue weighted by molar-refractivity contribution is 0.839. The molecule has 2 heterocycles. The number of benzene rings is 1. The Morgan fingerprint density at radius 2 is 2.05 bits per heavy atom. The number of aromatic nitrogens is 3. The Morgan fingerprint density at radius 3 is 2.75 bits per heavy atom. The highest BCUT2D eigenvalue weighted by atomic mass is 32.1. The van der Waals surface area contributed by atoms with Crippen LogP contribution in [0.4, 0.5) is 0 Å². The van der Waals surface area contributed by atoms with Crippen molar-refractivity contribution in [1.29, 1.82) is 0 Å². The van der Waals surface area contributed by atoms with E-state index in [0.717, 1.165) is 17.9 Å². The molecule has 0 amide bonds. The zero-order valence-electron chi connectivity index (χ0n) is 11.0. The lowest BCUT2D eigenvalue weighted by Crippen LogP contribution is -2.15. The minimum atomic E-state index is 0.567. The zero-order chi connectivity index (χ0) is 13.9. The highest BCUT2D eigenvalue weighted by Crippen LogP contribution is 2.17. The molecule has 0 saturated carbocycles. The first-order valence-electron chi connectivity index (χ1n) is 6.26. The summed E-state index contributed by atoms with van der Waals surface area (Å²) in [6.45, 7) is 2.83. The number of nitrogens with zero attached hydrogens (tertiary/aromatic N) is 2. The molecule has 3 aromatic rings. The van der Waals surface area contributed by atoms with Crippen LogP contribution in [-0.4, -0.2) is 14.9 Å². The van der Waals surface area contributed by atoms with Gasteiger partial charge in [0.25, 0.3) is 0 Å². The Labute approximate surface area is 126 Å². The first-order valence-corrected chi connectivity index (χ1v) is 7.48. The van der Waals surface area contributed by atoms with Gasteiger partial charge in [-0.1, -0.05) is 30.3 Å². The summed E-state index contributed by atoms with van der Waals surface area (Å²) in [6.07, 6.45) is 0. The van der Waals surface area contributed by atoms with Crippen molar-refractivity contribution < 1.29 is 0 Å². The molecular weight excluding hydrogens is 288 g/mol. The van der Waals surface area contributed by atoms with E-state index in [1.165, 1.54) is 9.75 Å². The van der Waals surface area contributed by atoms with E-state index in [1.807, 2.05) is 35.0 Å². The average molecular weight is 302 g/mol. The summed E-state index contributed by atoms with van der Waals surface area (Å²) < 4.78 is 2.39. The number of aryl methyl sites for hydroxylation is 1. The fourth-order valence-electron chi connectivity index (χ4n) is 1.96. The van der Waals surface area contributed by atoms with Gasteiger partial charge in [-0.3, -0.25) is 0 Å². The summed E-state index contributed by atoms with van der Waals surface area (Å²) in [5.41, 5.74) is 4.34. The molecule has 0 saturated heterocycles. The fraction of sp³-hybridized carbons (Fsp3) is 0.143. The van der Waals surface area contributed by atoms with Crippen molar-refractivity contribution in [3.05, 3.63) is 57.0 Å².